The topological polar surface area (TPSA) is 40.5 Å². The Morgan fingerprint density at radius 2 is 2.05 bits per heavy atom. The summed E-state index contributed by atoms with van der Waals surface area (Å²) >= 11 is 0. The average molecular weight is 275 g/mol. The summed E-state index contributed by atoms with van der Waals surface area (Å²) in [5, 5.41) is 9.20. The van der Waals surface area contributed by atoms with Crippen LogP contribution in [-0.4, -0.2) is 29.1 Å². The van der Waals surface area contributed by atoms with Crippen LogP contribution in [-0.2, 0) is 17.8 Å². The lowest BCUT2D eigenvalue weighted by atomic mass is 9.95. The van der Waals surface area contributed by atoms with Crippen LogP contribution in [0.25, 0.3) is 0 Å². The molecule has 0 aliphatic carbocycles. The Bertz CT molecular complexity index is 454. The SMILES string of the molecule is C=CCC(Cc1cccc(CN(C)C(C)C)c1)C(=O)O. The highest BCUT2D eigenvalue weighted by Gasteiger charge is 2.16. The van der Waals surface area contributed by atoms with Gasteiger partial charge in [0.25, 0.3) is 0 Å². The molecule has 1 aromatic rings. The molecule has 0 spiro atoms. The average Bonchev–Trinajstić information content (AvgIpc) is 2.38. The summed E-state index contributed by atoms with van der Waals surface area (Å²) < 4.78 is 0. The first-order chi connectivity index (χ1) is 9.43. The highest BCUT2D eigenvalue weighted by molar-refractivity contribution is 5.70. The minimum Gasteiger partial charge on any atom is -0.481 e. The molecule has 0 fully saturated rings. The number of rotatable bonds is 8. The zero-order valence-electron chi connectivity index (χ0n) is 12.7. The lowest BCUT2D eigenvalue weighted by Gasteiger charge is -2.21. The third-order valence-corrected chi connectivity index (χ3v) is 3.59. The molecule has 0 amide bonds. The van der Waals surface area contributed by atoms with Gasteiger partial charge in [-0.2, -0.15) is 0 Å². The Hall–Kier alpha value is -1.61. The number of hydrogen-bond acceptors (Lipinski definition) is 2. The summed E-state index contributed by atoms with van der Waals surface area (Å²) in [6, 6.07) is 8.69. The van der Waals surface area contributed by atoms with Crippen LogP contribution in [0.1, 0.15) is 31.4 Å². The normalized spacial score (nSPS) is 12.7. The summed E-state index contributed by atoms with van der Waals surface area (Å²) in [6.45, 7) is 8.83. The molecule has 1 atom stereocenters. The molecule has 1 N–H and O–H groups in total. The van der Waals surface area contributed by atoms with E-state index in [1.165, 1.54) is 5.56 Å². The van der Waals surface area contributed by atoms with Crippen LogP contribution in [0.5, 0.6) is 0 Å². The van der Waals surface area contributed by atoms with Crippen molar-refractivity contribution in [1.82, 2.24) is 4.90 Å². The molecule has 0 bridgehead atoms. The molecular formula is C17H25NO2. The maximum absolute atomic E-state index is 11.2. The van der Waals surface area contributed by atoms with Crippen molar-refractivity contribution in [2.24, 2.45) is 5.92 Å². The van der Waals surface area contributed by atoms with E-state index in [0.29, 0.717) is 18.9 Å². The fourth-order valence-corrected chi connectivity index (χ4v) is 2.08. The number of carbonyl (C=O) groups is 1. The quantitative estimate of drug-likeness (QED) is 0.740. The zero-order chi connectivity index (χ0) is 15.1. The molecule has 0 aliphatic rings. The van der Waals surface area contributed by atoms with Gasteiger partial charge >= 0.3 is 5.97 Å². The third-order valence-electron chi connectivity index (χ3n) is 3.59. The van der Waals surface area contributed by atoms with Gasteiger partial charge in [-0.05, 0) is 44.9 Å². The number of hydrogen-bond donors (Lipinski definition) is 1. The monoisotopic (exact) mass is 275 g/mol. The maximum atomic E-state index is 11.2. The molecular weight excluding hydrogens is 250 g/mol. The second-order valence-electron chi connectivity index (χ2n) is 5.59. The molecule has 0 heterocycles. The number of aliphatic carboxylic acids is 1. The van der Waals surface area contributed by atoms with E-state index < -0.39 is 5.97 Å². The molecule has 1 rings (SSSR count). The zero-order valence-corrected chi connectivity index (χ0v) is 12.7. The fraction of sp³-hybridized carbons (Fsp3) is 0.471. The van der Waals surface area contributed by atoms with E-state index in [1.54, 1.807) is 6.08 Å². The van der Waals surface area contributed by atoms with Crippen LogP contribution >= 0.6 is 0 Å². The summed E-state index contributed by atoms with van der Waals surface area (Å²) in [5.41, 5.74) is 2.30. The maximum Gasteiger partial charge on any atom is 0.307 e. The van der Waals surface area contributed by atoms with Gasteiger partial charge in [-0.25, -0.2) is 0 Å². The van der Waals surface area contributed by atoms with Crippen molar-refractivity contribution in [1.29, 1.82) is 0 Å². The number of carboxylic acid groups (broad SMARTS) is 1. The van der Waals surface area contributed by atoms with Gasteiger partial charge in [0.2, 0.25) is 0 Å². The van der Waals surface area contributed by atoms with Crippen molar-refractivity contribution in [3.63, 3.8) is 0 Å². The molecule has 3 nitrogen and oxygen atoms in total. The highest BCUT2D eigenvalue weighted by atomic mass is 16.4. The van der Waals surface area contributed by atoms with E-state index in [9.17, 15) is 9.90 Å². The van der Waals surface area contributed by atoms with Gasteiger partial charge < -0.3 is 5.11 Å². The molecule has 0 saturated heterocycles. The molecule has 0 saturated carbocycles. The van der Waals surface area contributed by atoms with Crippen molar-refractivity contribution in [2.75, 3.05) is 7.05 Å². The molecule has 0 aliphatic heterocycles. The minimum atomic E-state index is -0.755. The summed E-state index contributed by atoms with van der Waals surface area (Å²) in [5.74, 6) is -1.14. The minimum absolute atomic E-state index is 0.384. The molecule has 0 radical (unpaired) electrons. The van der Waals surface area contributed by atoms with Crippen LogP contribution in [0, 0.1) is 5.92 Å². The third kappa shape index (κ3) is 5.17. The molecule has 1 aromatic carbocycles. The highest BCUT2D eigenvalue weighted by Crippen LogP contribution is 2.16. The van der Waals surface area contributed by atoms with Crippen LogP contribution in [0.4, 0.5) is 0 Å². The Labute approximate surface area is 121 Å². The van der Waals surface area contributed by atoms with Gasteiger partial charge in [0, 0.05) is 12.6 Å². The van der Waals surface area contributed by atoms with Crippen LogP contribution in [0.2, 0.25) is 0 Å². The lowest BCUT2D eigenvalue weighted by Crippen LogP contribution is -2.25. The van der Waals surface area contributed by atoms with Gasteiger partial charge in [-0.1, -0.05) is 30.3 Å². The lowest BCUT2D eigenvalue weighted by molar-refractivity contribution is -0.141. The Balaban J connectivity index is 2.76. The molecule has 20 heavy (non-hydrogen) atoms. The van der Waals surface area contributed by atoms with Crippen LogP contribution in [0.3, 0.4) is 0 Å². The standard InChI is InChI=1S/C17H25NO2/c1-5-7-16(17(19)20)11-14-8-6-9-15(10-14)12-18(4)13(2)3/h5-6,8-10,13,16H,1,7,11-12H2,2-4H3,(H,19,20). The first-order valence-electron chi connectivity index (χ1n) is 7.05. The van der Waals surface area contributed by atoms with E-state index in [4.69, 9.17) is 0 Å². The molecule has 110 valence electrons. The summed E-state index contributed by atoms with van der Waals surface area (Å²) in [6.07, 6.45) is 2.74. The van der Waals surface area contributed by atoms with Crippen molar-refractivity contribution >= 4 is 5.97 Å². The largest absolute Gasteiger partial charge is 0.481 e. The van der Waals surface area contributed by atoms with E-state index in [-0.39, 0.29) is 5.92 Å². The van der Waals surface area contributed by atoms with Gasteiger partial charge in [0.15, 0.2) is 0 Å². The van der Waals surface area contributed by atoms with Crippen molar-refractivity contribution < 1.29 is 9.90 Å². The van der Waals surface area contributed by atoms with Crippen molar-refractivity contribution in [3.8, 4) is 0 Å². The second-order valence-corrected chi connectivity index (χ2v) is 5.59. The Morgan fingerprint density at radius 1 is 1.40 bits per heavy atom. The summed E-state index contributed by atoms with van der Waals surface area (Å²) in [7, 11) is 2.09. The van der Waals surface area contributed by atoms with E-state index in [2.05, 4.69) is 44.5 Å². The molecule has 3 heteroatoms. The number of allylic oxidation sites excluding steroid dienone is 1. The van der Waals surface area contributed by atoms with Crippen LogP contribution < -0.4 is 0 Å². The first-order valence-corrected chi connectivity index (χ1v) is 7.05. The second kappa shape index (κ2) is 7.85. The smallest absolute Gasteiger partial charge is 0.307 e. The van der Waals surface area contributed by atoms with Gasteiger partial charge in [0.05, 0.1) is 5.92 Å². The van der Waals surface area contributed by atoms with Crippen LogP contribution in [0.15, 0.2) is 36.9 Å². The predicted molar refractivity (Wildman–Crippen MR) is 82.7 cm³/mol. The predicted octanol–water partition coefficient (Wildman–Crippen LogP) is 3.35. The number of nitrogens with zero attached hydrogens (tertiary/aromatic N) is 1. The van der Waals surface area contributed by atoms with Gasteiger partial charge in [-0.15, -0.1) is 6.58 Å². The molecule has 0 aromatic heterocycles. The first kappa shape index (κ1) is 16.4. The summed E-state index contributed by atoms with van der Waals surface area (Å²) in [4.78, 5) is 13.5. The van der Waals surface area contributed by atoms with E-state index >= 15 is 0 Å². The van der Waals surface area contributed by atoms with Crippen molar-refractivity contribution in [2.45, 2.75) is 39.3 Å². The van der Waals surface area contributed by atoms with E-state index in [1.807, 2.05) is 12.1 Å². The fourth-order valence-electron chi connectivity index (χ4n) is 2.08. The number of benzene rings is 1. The number of carboxylic acids is 1. The Kier molecular flexibility index (Phi) is 6.46. The van der Waals surface area contributed by atoms with Gasteiger partial charge in [-0.3, -0.25) is 9.69 Å². The van der Waals surface area contributed by atoms with Gasteiger partial charge in [0.1, 0.15) is 0 Å². The van der Waals surface area contributed by atoms with Crippen molar-refractivity contribution in [3.05, 3.63) is 48.0 Å². The molecule has 1 unspecified atom stereocenters. The van der Waals surface area contributed by atoms with E-state index in [0.717, 1.165) is 12.1 Å². The Morgan fingerprint density at radius 3 is 2.60 bits per heavy atom.